The summed E-state index contributed by atoms with van der Waals surface area (Å²) in [5.41, 5.74) is 0.355. The Labute approximate surface area is 194 Å². The fraction of sp³-hybridized carbons (Fsp3) is 1.00. The number of fused-ring (bicyclic) bond motifs is 5. The minimum Gasteiger partial charge on any atom is -0.393 e. The molecule has 4 saturated carbocycles. The van der Waals surface area contributed by atoms with Crippen molar-refractivity contribution in [2.75, 3.05) is 6.61 Å². The molecule has 0 aromatic rings. The van der Waals surface area contributed by atoms with E-state index in [-0.39, 0.29) is 35.6 Å². The van der Waals surface area contributed by atoms with Crippen LogP contribution in [0.5, 0.6) is 0 Å². The molecule has 2 unspecified atom stereocenters. The number of aliphatic hydroxyl groups is 2. The first-order chi connectivity index (χ1) is 14.9. The van der Waals surface area contributed by atoms with Crippen LogP contribution in [0.15, 0.2) is 0 Å². The summed E-state index contributed by atoms with van der Waals surface area (Å²) >= 11 is 0. The molecule has 0 amide bonds. The number of hydrogen-bond acceptors (Lipinski definition) is 5. The lowest BCUT2D eigenvalue weighted by molar-refractivity contribution is -0.203. The molecule has 0 aromatic heterocycles. The molecule has 0 heterocycles. The summed E-state index contributed by atoms with van der Waals surface area (Å²) in [5, 5.41) is 22.1. The summed E-state index contributed by atoms with van der Waals surface area (Å²) in [6, 6.07) is 0. The van der Waals surface area contributed by atoms with Crippen molar-refractivity contribution in [2.24, 2.45) is 52.3 Å². The van der Waals surface area contributed by atoms with Crippen molar-refractivity contribution in [1.82, 2.24) is 0 Å². The molecular formula is C25H44O6S. The van der Waals surface area contributed by atoms with Gasteiger partial charge in [0.15, 0.2) is 0 Å². The second kappa shape index (κ2) is 8.78. The summed E-state index contributed by atoms with van der Waals surface area (Å²) in [5.74, 6) is 2.78. The van der Waals surface area contributed by atoms with Gasteiger partial charge in [-0.15, -0.1) is 0 Å². The van der Waals surface area contributed by atoms with E-state index < -0.39 is 10.4 Å². The molecule has 4 aliphatic rings. The molecule has 7 heteroatoms. The van der Waals surface area contributed by atoms with Crippen LogP contribution in [0, 0.1) is 52.3 Å². The van der Waals surface area contributed by atoms with Crippen LogP contribution >= 0.6 is 0 Å². The van der Waals surface area contributed by atoms with Crippen LogP contribution in [0.2, 0.25) is 0 Å². The minimum atomic E-state index is -4.39. The van der Waals surface area contributed by atoms with Crippen molar-refractivity contribution < 1.29 is 27.4 Å². The SMILES string of the molecule is CC[C@H]1C(O)C2[C@@H]3CC[C@H]([C@H](C)CCOS(=O)(=O)O)[C@@]3(C)CC[C@@H]2[C@@]2(C)CC[C@@H](O)C[C@@H]12. The molecule has 186 valence electrons. The maximum atomic E-state index is 11.7. The highest BCUT2D eigenvalue weighted by Gasteiger charge is 2.64. The minimum absolute atomic E-state index is 0.0198. The van der Waals surface area contributed by atoms with E-state index in [1.807, 2.05) is 0 Å². The monoisotopic (exact) mass is 472 g/mol. The van der Waals surface area contributed by atoms with E-state index >= 15 is 0 Å². The van der Waals surface area contributed by atoms with Gasteiger partial charge < -0.3 is 10.2 Å². The van der Waals surface area contributed by atoms with Crippen molar-refractivity contribution in [1.29, 1.82) is 0 Å². The molecule has 0 saturated heterocycles. The van der Waals surface area contributed by atoms with E-state index in [1.165, 1.54) is 0 Å². The van der Waals surface area contributed by atoms with Crippen LogP contribution in [-0.2, 0) is 14.6 Å². The Balaban J connectivity index is 1.56. The second-order valence-corrected chi connectivity index (χ2v) is 13.2. The third-order valence-electron chi connectivity index (χ3n) is 11.0. The quantitative estimate of drug-likeness (QED) is 0.493. The van der Waals surface area contributed by atoms with Crippen LogP contribution < -0.4 is 0 Å². The molecule has 4 fully saturated rings. The number of aliphatic hydroxyl groups excluding tert-OH is 2. The zero-order valence-electron chi connectivity index (χ0n) is 20.2. The maximum absolute atomic E-state index is 11.7. The van der Waals surface area contributed by atoms with Crippen molar-refractivity contribution in [2.45, 2.75) is 97.7 Å². The van der Waals surface area contributed by atoms with Crippen LogP contribution in [-0.4, -0.2) is 42.0 Å². The third kappa shape index (κ3) is 4.08. The van der Waals surface area contributed by atoms with Crippen molar-refractivity contribution >= 4 is 10.4 Å². The molecule has 0 bridgehead atoms. The summed E-state index contributed by atoms with van der Waals surface area (Å²) in [6.07, 6.45) is 8.38. The van der Waals surface area contributed by atoms with Gasteiger partial charge in [0.1, 0.15) is 0 Å². The van der Waals surface area contributed by atoms with E-state index in [9.17, 15) is 18.6 Å². The Hall–Kier alpha value is -0.210. The Kier molecular flexibility index (Phi) is 6.83. The lowest BCUT2D eigenvalue weighted by Gasteiger charge is -2.64. The molecule has 11 atom stereocenters. The molecule has 4 aliphatic carbocycles. The topological polar surface area (TPSA) is 104 Å². The van der Waals surface area contributed by atoms with Gasteiger partial charge in [-0.1, -0.05) is 34.1 Å². The molecule has 0 radical (unpaired) electrons. The highest BCUT2D eigenvalue weighted by atomic mass is 32.3. The summed E-state index contributed by atoms with van der Waals surface area (Å²) in [6.45, 7) is 9.28. The van der Waals surface area contributed by atoms with E-state index in [0.717, 1.165) is 51.4 Å². The van der Waals surface area contributed by atoms with Crippen molar-refractivity contribution in [3.05, 3.63) is 0 Å². The molecular weight excluding hydrogens is 428 g/mol. The standard InChI is InChI=1S/C25H44O6S/c1-5-17-21-14-16(26)8-11-25(21,4)20-9-12-24(3)18(6-7-19(24)22(20)23(17)27)15(2)10-13-31-32(28,29)30/h15-23,26-27H,5-14H2,1-4H3,(H,28,29,30)/t15-,16-,17-,18-,19+,20+,21+,22?,23?,24-,25-/m1/s1. The molecule has 0 aromatic carbocycles. The summed E-state index contributed by atoms with van der Waals surface area (Å²) in [7, 11) is -4.39. The van der Waals surface area contributed by atoms with E-state index in [2.05, 4.69) is 31.9 Å². The Morgan fingerprint density at radius 2 is 1.66 bits per heavy atom. The molecule has 0 aliphatic heterocycles. The number of hydrogen-bond donors (Lipinski definition) is 3. The predicted octanol–water partition coefficient (Wildman–Crippen LogP) is 4.46. The third-order valence-corrected chi connectivity index (χ3v) is 11.4. The lowest BCUT2D eigenvalue weighted by atomic mass is 9.41. The van der Waals surface area contributed by atoms with E-state index in [1.54, 1.807) is 0 Å². The Morgan fingerprint density at radius 3 is 2.31 bits per heavy atom. The maximum Gasteiger partial charge on any atom is 0.397 e. The molecule has 4 rings (SSSR count). The first-order valence-electron chi connectivity index (χ1n) is 12.9. The van der Waals surface area contributed by atoms with Gasteiger partial charge in [-0.05, 0) is 104 Å². The Bertz CT molecular complexity index is 785. The van der Waals surface area contributed by atoms with Crippen LogP contribution in [0.25, 0.3) is 0 Å². The van der Waals surface area contributed by atoms with Gasteiger partial charge in [-0.3, -0.25) is 4.55 Å². The van der Waals surface area contributed by atoms with Gasteiger partial charge in [0.2, 0.25) is 0 Å². The average molecular weight is 473 g/mol. The molecule has 6 nitrogen and oxygen atoms in total. The van der Waals surface area contributed by atoms with Crippen molar-refractivity contribution in [3.63, 3.8) is 0 Å². The fourth-order valence-corrected chi connectivity index (χ4v) is 9.78. The van der Waals surface area contributed by atoms with Crippen LogP contribution in [0.4, 0.5) is 0 Å². The predicted molar refractivity (Wildman–Crippen MR) is 123 cm³/mol. The van der Waals surface area contributed by atoms with Gasteiger partial charge in [0.25, 0.3) is 0 Å². The van der Waals surface area contributed by atoms with E-state index in [0.29, 0.717) is 41.9 Å². The Morgan fingerprint density at radius 1 is 1.00 bits per heavy atom. The van der Waals surface area contributed by atoms with Gasteiger partial charge in [0.05, 0.1) is 18.8 Å². The first-order valence-corrected chi connectivity index (χ1v) is 14.3. The van der Waals surface area contributed by atoms with Crippen LogP contribution in [0.3, 0.4) is 0 Å². The molecule has 3 N–H and O–H groups in total. The smallest absolute Gasteiger partial charge is 0.393 e. The van der Waals surface area contributed by atoms with Gasteiger partial charge >= 0.3 is 10.4 Å². The lowest BCUT2D eigenvalue weighted by Crippen LogP contribution is -2.62. The zero-order chi connectivity index (χ0) is 23.5. The fourth-order valence-electron chi connectivity index (χ4n) is 9.47. The average Bonchev–Trinajstić information content (AvgIpc) is 3.06. The van der Waals surface area contributed by atoms with Crippen molar-refractivity contribution in [3.8, 4) is 0 Å². The van der Waals surface area contributed by atoms with E-state index in [4.69, 9.17) is 4.55 Å². The second-order valence-electron chi connectivity index (χ2n) is 12.1. The summed E-state index contributed by atoms with van der Waals surface area (Å²) < 4.78 is 35.4. The molecule has 32 heavy (non-hydrogen) atoms. The normalized spacial score (nSPS) is 49.7. The highest BCUT2D eigenvalue weighted by Crippen LogP contribution is 2.69. The highest BCUT2D eigenvalue weighted by molar-refractivity contribution is 7.80. The summed E-state index contributed by atoms with van der Waals surface area (Å²) in [4.78, 5) is 0. The van der Waals surface area contributed by atoms with Crippen LogP contribution in [0.1, 0.15) is 85.5 Å². The van der Waals surface area contributed by atoms with Gasteiger partial charge in [0, 0.05) is 0 Å². The largest absolute Gasteiger partial charge is 0.397 e. The zero-order valence-corrected chi connectivity index (χ0v) is 21.1. The van der Waals surface area contributed by atoms with Gasteiger partial charge in [-0.2, -0.15) is 8.42 Å². The molecule has 0 spiro atoms. The first kappa shape index (κ1) is 24.9. The number of rotatable bonds is 6. The van der Waals surface area contributed by atoms with Gasteiger partial charge in [-0.25, -0.2) is 4.18 Å².